The summed E-state index contributed by atoms with van der Waals surface area (Å²) in [7, 11) is 1.37. The number of hydrogen-bond acceptors (Lipinski definition) is 3. The van der Waals surface area contributed by atoms with Crippen LogP contribution in [0.5, 0.6) is 5.75 Å². The number of hydrogen-bond donors (Lipinski definition) is 1. The molecule has 0 atom stereocenters. The van der Waals surface area contributed by atoms with Gasteiger partial charge < -0.3 is 14.4 Å². The first-order valence-corrected chi connectivity index (χ1v) is 9.23. The van der Waals surface area contributed by atoms with E-state index in [0.717, 1.165) is 22.0 Å². The van der Waals surface area contributed by atoms with Gasteiger partial charge in [0.25, 0.3) is 0 Å². The number of esters is 1. The van der Waals surface area contributed by atoms with E-state index in [2.05, 4.69) is 45.4 Å². The van der Waals surface area contributed by atoms with Crippen LogP contribution in [0.4, 0.5) is 0 Å². The molecular weight excluding hydrogens is 441 g/mol. The Morgan fingerprint density at radius 2 is 1.73 bits per heavy atom. The van der Waals surface area contributed by atoms with Gasteiger partial charge in [0, 0.05) is 15.5 Å². The molecule has 1 aromatic heterocycles. The van der Waals surface area contributed by atoms with Gasteiger partial charge in [-0.15, -0.1) is 0 Å². The van der Waals surface area contributed by atoms with Crippen molar-refractivity contribution in [1.29, 1.82) is 0 Å². The highest BCUT2D eigenvalue weighted by Gasteiger charge is 2.20. The second-order valence-electron chi connectivity index (χ2n) is 6.08. The molecule has 1 heterocycles. The van der Waals surface area contributed by atoms with E-state index in [9.17, 15) is 9.90 Å². The molecule has 0 bridgehead atoms. The van der Waals surface area contributed by atoms with Crippen molar-refractivity contribution >= 4 is 50.4 Å². The number of halogens is 1. The molecule has 130 valence electrons. The molecule has 0 fully saturated rings. The highest BCUT2D eigenvalue weighted by atomic mass is 127. The molecule has 4 aromatic rings. The van der Waals surface area contributed by atoms with Gasteiger partial charge in [-0.2, -0.15) is 0 Å². The maximum absolute atomic E-state index is 12.3. The molecule has 5 heteroatoms. The number of aromatic nitrogens is 1. The highest BCUT2D eigenvalue weighted by molar-refractivity contribution is 14.1. The minimum absolute atomic E-state index is 0.158. The molecule has 0 radical (unpaired) electrons. The van der Waals surface area contributed by atoms with Gasteiger partial charge in [-0.25, -0.2) is 4.79 Å². The molecule has 26 heavy (non-hydrogen) atoms. The monoisotopic (exact) mass is 457 g/mol. The second kappa shape index (κ2) is 6.64. The van der Waals surface area contributed by atoms with Gasteiger partial charge in [0.1, 0.15) is 5.75 Å². The molecule has 0 saturated heterocycles. The summed E-state index contributed by atoms with van der Waals surface area (Å²) in [6, 6.07) is 19.3. The molecular formula is C21H16INO3. The first-order valence-electron chi connectivity index (χ1n) is 8.16. The van der Waals surface area contributed by atoms with Crippen molar-refractivity contribution in [2.24, 2.45) is 0 Å². The zero-order valence-corrected chi connectivity index (χ0v) is 16.2. The molecule has 0 amide bonds. The van der Waals surface area contributed by atoms with Crippen molar-refractivity contribution < 1.29 is 14.6 Å². The lowest BCUT2D eigenvalue weighted by molar-refractivity contribution is 0.0603. The van der Waals surface area contributed by atoms with Gasteiger partial charge in [0.15, 0.2) is 0 Å². The maximum Gasteiger partial charge on any atom is 0.338 e. The van der Waals surface area contributed by atoms with Crippen LogP contribution in [0.2, 0.25) is 0 Å². The normalized spacial score (nSPS) is 11.2. The number of fused-ring (bicyclic) bond motifs is 3. The van der Waals surface area contributed by atoms with Crippen molar-refractivity contribution in [3.05, 3.63) is 75.4 Å². The van der Waals surface area contributed by atoms with Crippen LogP contribution in [0.25, 0.3) is 21.8 Å². The Hall–Kier alpha value is -2.54. The average molecular weight is 457 g/mol. The Bertz CT molecular complexity index is 1150. The minimum atomic E-state index is -0.410. The number of phenols is 1. The van der Waals surface area contributed by atoms with E-state index in [1.54, 1.807) is 12.1 Å². The zero-order chi connectivity index (χ0) is 18.3. The van der Waals surface area contributed by atoms with Crippen LogP contribution < -0.4 is 0 Å². The molecule has 0 saturated carbocycles. The fraction of sp³-hybridized carbons (Fsp3) is 0.0952. The fourth-order valence-electron chi connectivity index (χ4n) is 3.44. The van der Waals surface area contributed by atoms with E-state index in [1.807, 2.05) is 30.3 Å². The van der Waals surface area contributed by atoms with Crippen LogP contribution in [0, 0.1) is 3.57 Å². The summed E-state index contributed by atoms with van der Waals surface area (Å²) in [6.45, 7) is 0.644. The second-order valence-corrected chi connectivity index (χ2v) is 7.32. The predicted octanol–water partition coefficient (Wildman–Crippen LogP) is 4.94. The first-order chi connectivity index (χ1) is 12.6. The largest absolute Gasteiger partial charge is 0.507 e. The molecule has 0 aliphatic carbocycles. The van der Waals surface area contributed by atoms with Crippen LogP contribution in [-0.2, 0) is 11.3 Å². The van der Waals surface area contributed by atoms with E-state index in [-0.39, 0.29) is 5.75 Å². The Morgan fingerprint density at radius 1 is 1.04 bits per heavy atom. The summed E-state index contributed by atoms with van der Waals surface area (Å²) in [5.41, 5.74) is 3.39. The average Bonchev–Trinajstić information content (AvgIpc) is 2.96. The SMILES string of the molecule is COC(=O)c1cccc2c1c1c(O)cccc1n2Cc1cccc(I)c1. The summed E-state index contributed by atoms with van der Waals surface area (Å²) in [5.74, 6) is -0.252. The van der Waals surface area contributed by atoms with Crippen molar-refractivity contribution in [2.75, 3.05) is 7.11 Å². The number of aromatic hydroxyl groups is 1. The Balaban J connectivity index is 2.06. The summed E-state index contributed by atoms with van der Waals surface area (Å²) in [4.78, 5) is 12.3. The third-order valence-electron chi connectivity index (χ3n) is 4.53. The number of carbonyl (C=O) groups excluding carboxylic acids is 1. The lowest BCUT2D eigenvalue weighted by atomic mass is 10.1. The van der Waals surface area contributed by atoms with Crippen molar-refractivity contribution in [3.63, 3.8) is 0 Å². The summed E-state index contributed by atoms with van der Waals surface area (Å²) in [6.07, 6.45) is 0. The van der Waals surface area contributed by atoms with Crippen molar-refractivity contribution in [1.82, 2.24) is 4.57 Å². The summed E-state index contributed by atoms with van der Waals surface area (Å²) >= 11 is 2.30. The van der Waals surface area contributed by atoms with Crippen LogP contribution in [0.15, 0.2) is 60.7 Å². The molecule has 4 nitrogen and oxygen atoms in total. The molecule has 0 aliphatic heterocycles. The molecule has 3 aromatic carbocycles. The quantitative estimate of drug-likeness (QED) is 0.350. The number of ether oxygens (including phenoxy) is 1. The zero-order valence-electron chi connectivity index (χ0n) is 14.1. The molecule has 0 aliphatic rings. The van der Waals surface area contributed by atoms with E-state index < -0.39 is 5.97 Å². The Kier molecular flexibility index (Phi) is 4.32. The lowest BCUT2D eigenvalue weighted by Crippen LogP contribution is -2.03. The van der Waals surface area contributed by atoms with E-state index in [1.165, 1.54) is 10.7 Å². The standard InChI is InChI=1S/C21H16INO3/c1-26-21(25)15-7-3-8-16-19(15)20-17(9-4-10-18(20)24)23(16)12-13-5-2-6-14(22)11-13/h2-11,24H,12H2,1H3. The van der Waals surface area contributed by atoms with Crippen molar-refractivity contribution in [2.45, 2.75) is 6.54 Å². The number of phenolic OH excluding ortho intramolecular Hbond substituents is 1. The molecule has 4 rings (SSSR count). The van der Waals surface area contributed by atoms with Gasteiger partial charge in [-0.05, 0) is 64.6 Å². The maximum atomic E-state index is 12.3. The number of carbonyl (C=O) groups is 1. The summed E-state index contributed by atoms with van der Waals surface area (Å²) < 4.78 is 8.24. The van der Waals surface area contributed by atoms with Crippen LogP contribution in [0.1, 0.15) is 15.9 Å². The van der Waals surface area contributed by atoms with Gasteiger partial charge in [0.2, 0.25) is 0 Å². The number of rotatable bonds is 3. The smallest absolute Gasteiger partial charge is 0.338 e. The van der Waals surface area contributed by atoms with E-state index in [4.69, 9.17) is 4.74 Å². The van der Waals surface area contributed by atoms with Crippen LogP contribution in [-0.4, -0.2) is 22.8 Å². The minimum Gasteiger partial charge on any atom is -0.507 e. The van der Waals surface area contributed by atoms with Crippen molar-refractivity contribution in [3.8, 4) is 5.75 Å². The Labute approximate surface area is 164 Å². The number of benzene rings is 3. The molecule has 0 unspecified atom stereocenters. The first kappa shape index (κ1) is 16.9. The third-order valence-corrected chi connectivity index (χ3v) is 5.20. The van der Waals surface area contributed by atoms with Crippen LogP contribution >= 0.6 is 22.6 Å². The molecule has 0 spiro atoms. The van der Waals surface area contributed by atoms with Gasteiger partial charge >= 0.3 is 5.97 Å². The fourth-order valence-corrected chi connectivity index (χ4v) is 4.04. The van der Waals surface area contributed by atoms with Crippen LogP contribution in [0.3, 0.4) is 0 Å². The number of methoxy groups -OCH3 is 1. The predicted molar refractivity (Wildman–Crippen MR) is 111 cm³/mol. The topological polar surface area (TPSA) is 51.5 Å². The molecule has 1 N–H and O–H groups in total. The third kappa shape index (κ3) is 2.72. The lowest BCUT2D eigenvalue weighted by Gasteiger charge is -2.09. The van der Waals surface area contributed by atoms with Gasteiger partial charge in [-0.3, -0.25) is 0 Å². The Morgan fingerprint density at radius 3 is 2.46 bits per heavy atom. The van der Waals surface area contributed by atoms with E-state index in [0.29, 0.717) is 17.5 Å². The summed E-state index contributed by atoms with van der Waals surface area (Å²) in [5, 5.41) is 11.9. The highest BCUT2D eigenvalue weighted by Crippen LogP contribution is 2.37. The number of nitrogens with zero attached hydrogens (tertiary/aromatic N) is 1. The van der Waals surface area contributed by atoms with Gasteiger partial charge in [0.05, 0.1) is 29.1 Å². The van der Waals surface area contributed by atoms with Gasteiger partial charge in [-0.1, -0.05) is 24.3 Å². The van der Waals surface area contributed by atoms with E-state index >= 15 is 0 Å².